The van der Waals surface area contributed by atoms with Crippen LogP contribution in [0, 0.1) is 0 Å². The number of amides is 2. The summed E-state index contributed by atoms with van der Waals surface area (Å²) in [6.45, 7) is 7.97. The van der Waals surface area contributed by atoms with Gasteiger partial charge in [-0.25, -0.2) is 0 Å². The van der Waals surface area contributed by atoms with Crippen LogP contribution in [0.3, 0.4) is 0 Å². The molecule has 0 saturated carbocycles. The Hall–Kier alpha value is -1.06. The molecule has 0 aromatic heterocycles. The van der Waals surface area contributed by atoms with Gasteiger partial charge in [-0.3, -0.25) is 9.59 Å². The fourth-order valence-corrected chi connectivity index (χ4v) is 1.45. The number of hydrogen-bond donors (Lipinski definition) is 1. The molecule has 0 aliphatic heterocycles. The minimum atomic E-state index is -0.463. The van der Waals surface area contributed by atoms with Crippen LogP contribution >= 0.6 is 0 Å². The van der Waals surface area contributed by atoms with Gasteiger partial charge in [0.25, 0.3) is 0 Å². The summed E-state index contributed by atoms with van der Waals surface area (Å²) in [5, 5.41) is 2.65. The van der Waals surface area contributed by atoms with Crippen molar-refractivity contribution in [2.24, 2.45) is 0 Å². The first-order valence-corrected chi connectivity index (χ1v) is 6.24. The highest BCUT2D eigenvalue weighted by Gasteiger charge is 2.19. The summed E-state index contributed by atoms with van der Waals surface area (Å²) in [5.41, 5.74) is 0. The molecule has 0 aromatic carbocycles. The first-order chi connectivity index (χ1) is 7.67. The Kier molecular flexibility index (Phi) is 8.58. The van der Waals surface area contributed by atoms with Crippen LogP contribution in [0.5, 0.6) is 0 Å². The quantitative estimate of drug-likeness (QED) is 0.531. The van der Waals surface area contributed by atoms with E-state index in [2.05, 4.69) is 12.2 Å². The molecule has 0 fully saturated rings. The van der Waals surface area contributed by atoms with Crippen molar-refractivity contribution >= 4 is 11.8 Å². The highest BCUT2D eigenvalue weighted by atomic mass is 16.2. The van der Waals surface area contributed by atoms with Crippen molar-refractivity contribution < 1.29 is 9.59 Å². The summed E-state index contributed by atoms with van der Waals surface area (Å²) in [7, 11) is 0. The lowest BCUT2D eigenvalue weighted by molar-refractivity contribution is -0.145. The molecule has 94 valence electrons. The second-order valence-electron chi connectivity index (χ2n) is 3.90. The highest BCUT2D eigenvalue weighted by molar-refractivity contribution is 6.34. The Bertz CT molecular complexity index is 211. The second-order valence-corrected chi connectivity index (χ2v) is 3.90. The SMILES string of the molecule is CCCCNC(=O)C(=O)N(CCC)CCC. The van der Waals surface area contributed by atoms with Gasteiger partial charge in [0, 0.05) is 19.6 Å². The number of rotatable bonds is 7. The Morgan fingerprint density at radius 3 is 2.00 bits per heavy atom. The number of carbonyl (C=O) groups excluding carboxylic acids is 2. The van der Waals surface area contributed by atoms with Crippen molar-refractivity contribution in [1.29, 1.82) is 0 Å². The highest BCUT2D eigenvalue weighted by Crippen LogP contribution is 1.95. The number of carbonyl (C=O) groups is 2. The lowest BCUT2D eigenvalue weighted by atomic mass is 10.3. The van der Waals surface area contributed by atoms with Gasteiger partial charge in [-0.15, -0.1) is 0 Å². The van der Waals surface area contributed by atoms with E-state index in [0.29, 0.717) is 19.6 Å². The number of hydrogen-bond acceptors (Lipinski definition) is 2. The first-order valence-electron chi connectivity index (χ1n) is 6.24. The average molecular weight is 228 g/mol. The molecule has 4 heteroatoms. The Balaban J connectivity index is 4.09. The molecular formula is C12H24N2O2. The maximum absolute atomic E-state index is 11.7. The summed E-state index contributed by atoms with van der Waals surface area (Å²) < 4.78 is 0. The molecular weight excluding hydrogens is 204 g/mol. The minimum absolute atomic E-state index is 0.389. The van der Waals surface area contributed by atoms with Crippen molar-refractivity contribution in [3.05, 3.63) is 0 Å². The molecule has 0 spiro atoms. The van der Waals surface area contributed by atoms with E-state index in [9.17, 15) is 9.59 Å². The van der Waals surface area contributed by atoms with Crippen LogP contribution in [0.4, 0.5) is 0 Å². The second kappa shape index (κ2) is 9.19. The number of unbranched alkanes of at least 4 members (excludes halogenated alkanes) is 1. The summed E-state index contributed by atoms with van der Waals surface area (Å²) in [4.78, 5) is 24.9. The fourth-order valence-electron chi connectivity index (χ4n) is 1.45. The molecule has 0 radical (unpaired) electrons. The van der Waals surface area contributed by atoms with Gasteiger partial charge in [0.15, 0.2) is 0 Å². The molecule has 1 N–H and O–H groups in total. The third-order valence-electron chi connectivity index (χ3n) is 2.28. The molecule has 0 aliphatic rings. The van der Waals surface area contributed by atoms with Crippen LogP contribution in [0.15, 0.2) is 0 Å². The van der Waals surface area contributed by atoms with Gasteiger partial charge < -0.3 is 10.2 Å². The Morgan fingerprint density at radius 1 is 1.00 bits per heavy atom. The standard InChI is InChI=1S/C12H24N2O2/c1-4-7-8-13-11(15)12(16)14(9-5-2)10-6-3/h4-10H2,1-3H3,(H,13,15). The van der Waals surface area contributed by atoms with Crippen LogP contribution in [-0.4, -0.2) is 36.3 Å². The van der Waals surface area contributed by atoms with Crippen molar-refractivity contribution in [1.82, 2.24) is 10.2 Å². The predicted molar refractivity (Wildman–Crippen MR) is 65.1 cm³/mol. The van der Waals surface area contributed by atoms with E-state index in [1.54, 1.807) is 4.90 Å². The van der Waals surface area contributed by atoms with E-state index in [1.807, 2.05) is 13.8 Å². The van der Waals surface area contributed by atoms with Crippen molar-refractivity contribution in [3.63, 3.8) is 0 Å². The monoisotopic (exact) mass is 228 g/mol. The number of nitrogens with zero attached hydrogens (tertiary/aromatic N) is 1. The summed E-state index contributed by atoms with van der Waals surface area (Å²) in [6.07, 6.45) is 3.70. The van der Waals surface area contributed by atoms with Gasteiger partial charge in [-0.2, -0.15) is 0 Å². The molecule has 0 atom stereocenters. The van der Waals surface area contributed by atoms with Crippen LogP contribution in [-0.2, 0) is 9.59 Å². The summed E-state index contributed by atoms with van der Waals surface area (Å²) in [6, 6.07) is 0. The molecule has 16 heavy (non-hydrogen) atoms. The molecule has 0 aliphatic carbocycles. The lowest BCUT2D eigenvalue weighted by Crippen LogP contribution is -2.43. The van der Waals surface area contributed by atoms with E-state index in [1.165, 1.54) is 0 Å². The van der Waals surface area contributed by atoms with E-state index >= 15 is 0 Å². The van der Waals surface area contributed by atoms with Gasteiger partial charge in [-0.05, 0) is 19.3 Å². The summed E-state index contributed by atoms with van der Waals surface area (Å²) >= 11 is 0. The predicted octanol–water partition coefficient (Wildman–Crippen LogP) is 1.55. The van der Waals surface area contributed by atoms with Crippen molar-refractivity contribution in [2.75, 3.05) is 19.6 Å². The topological polar surface area (TPSA) is 49.4 Å². The first kappa shape index (κ1) is 14.9. The van der Waals surface area contributed by atoms with Gasteiger partial charge in [-0.1, -0.05) is 27.2 Å². The molecule has 0 heterocycles. The zero-order valence-electron chi connectivity index (χ0n) is 10.7. The molecule has 0 bridgehead atoms. The van der Waals surface area contributed by atoms with Crippen molar-refractivity contribution in [2.45, 2.75) is 46.5 Å². The minimum Gasteiger partial charge on any atom is -0.348 e. The maximum Gasteiger partial charge on any atom is 0.311 e. The maximum atomic E-state index is 11.7. The van der Waals surface area contributed by atoms with Gasteiger partial charge in [0.1, 0.15) is 0 Å². The zero-order valence-corrected chi connectivity index (χ0v) is 10.7. The number of nitrogens with one attached hydrogen (secondary N) is 1. The van der Waals surface area contributed by atoms with Gasteiger partial charge in [0.05, 0.1) is 0 Å². The summed E-state index contributed by atoms with van der Waals surface area (Å²) in [5.74, 6) is -0.852. The van der Waals surface area contributed by atoms with Crippen LogP contribution < -0.4 is 5.32 Å². The van der Waals surface area contributed by atoms with E-state index < -0.39 is 5.91 Å². The smallest absolute Gasteiger partial charge is 0.311 e. The Morgan fingerprint density at radius 2 is 1.56 bits per heavy atom. The lowest BCUT2D eigenvalue weighted by Gasteiger charge is -2.20. The van der Waals surface area contributed by atoms with E-state index in [-0.39, 0.29) is 5.91 Å². The van der Waals surface area contributed by atoms with E-state index in [0.717, 1.165) is 25.7 Å². The molecule has 2 amide bonds. The molecule has 4 nitrogen and oxygen atoms in total. The molecule has 0 aromatic rings. The van der Waals surface area contributed by atoms with Crippen LogP contribution in [0.25, 0.3) is 0 Å². The largest absolute Gasteiger partial charge is 0.348 e. The van der Waals surface area contributed by atoms with Crippen molar-refractivity contribution in [3.8, 4) is 0 Å². The third kappa shape index (κ3) is 5.73. The average Bonchev–Trinajstić information content (AvgIpc) is 2.28. The van der Waals surface area contributed by atoms with Crippen LogP contribution in [0.1, 0.15) is 46.5 Å². The molecule has 0 rings (SSSR count). The van der Waals surface area contributed by atoms with Gasteiger partial charge in [0.2, 0.25) is 0 Å². The molecule has 0 saturated heterocycles. The Labute approximate surface area is 98.4 Å². The van der Waals surface area contributed by atoms with Gasteiger partial charge >= 0.3 is 11.8 Å². The molecule has 0 unspecified atom stereocenters. The third-order valence-corrected chi connectivity index (χ3v) is 2.28. The fraction of sp³-hybridized carbons (Fsp3) is 0.833. The normalized spacial score (nSPS) is 9.94. The van der Waals surface area contributed by atoms with Crippen LogP contribution in [0.2, 0.25) is 0 Å². The zero-order chi connectivity index (χ0) is 12.4. The van der Waals surface area contributed by atoms with E-state index in [4.69, 9.17) is 0 Å².